The maximum atomic E-state index is 12.2. The summed E-state index contributed by atoms with van der Waals surface area (Å²) in [6.07, 6.45) is 3.31. The van der Waals surface area contributed by atoms with E-state index < -0.39 is 0 Å². The molecule has 164 valence electrons. The first-order valence-corrected chi connectivity index (χ1v) is 11.4. The first-order chi connectivity index (χ1) is 14.1. The van der Waals surface area contributed by atoms with Crippen LogP contribution in [0.5, 0.6) is 0 Å². The van der Waals surface area contributed by atoms with Crippen LogP contribution in [0.15, 0.2) is 0 Å². The van der Waals surface area contributed by atoms with E-state index >= 15 is 0 Å². The monoisotopic (exact) mass is 408 g/mol. The Morgan fingerprint density at radius 1 is 1.07 bits per heavy atom. The van der Waals surface area contributed by atoms with Crippen molar-refractivity contribution in [2.24, 2.45) is 17.8 Å². The highest BCUT2D eigenvalue weighted by molar-refractivity contribution is 5.78. The fraction of sp³-hybridized carbons (Fsp3) is 0.950. The summed E-state index contributed by atoms with van der Waals surface area (Å²) in [5.74, 6) is 1.50. The van der Waals surface area contributed by atoms with Crippen LogP contribution in [0.25, 0.3) is 0 Å². The Bertz CT molecular complexity index is 595. The number of amides is 1. The van der Waals surface area contributed by atoms with Crippen LogP contribution in [0, 0.1) is 17.8 Å². The SMILES string of the molecule is CC(C)C(=O)N1CCC(C2NOC(N3CCC4C(CNN4C4COC4)C3)N2)CC1. The summed E-state index contributed by atoms with van der Waals surface area (Å²) in [6.45, 7) is 10.5. The van der Waals surface area contributed by atoms with Crippen molar-refractivity contribution in [3.05, 3.63) is 0 Å². The van der Waals surface area contributed by atoms with Crippen LogP contribution in [0.3, 0.4) is 0 Å². The molecule has 9 heteroatoms. The maximum Gasteiger partial charge on any atom is 0.225 e. The molecule has 1 amide bonds. The lowest BCUT2D eigenvalue weighted by atomic mass is 9.92. The lowest BCUT2D eigenvalue weighted by Crippen LogP contribution is -2.59. The van der Waals surface area contributed by atoms with Crippen LogP contribution in [0.1, 0.15) is 33.1 Å². The van der Waals surface area contributed by atoms with Crippen LogP contribution in [-0.4, -0.2) is 91.3 Å². The number of likely N-dealkylation sites (tertiary alicyclic amines) is 2. The minimum absolute atomic E-state index is 0.0580. The molecule has 0 spiro atoms. The molecule has 0 aromatic carbocycles. The third-order valence-corrected chi connectivity index (χ3v) is 7.41. The van der Waals surface area contributed by atoms with Crippen LogP contribution in [0.2, 0.25) is 0 Å². The van der Waals surface area contributed by atoms with Gasteiger partial charge in [-0.2, -0.15) is 5.48 Å². The molecule has 5 aliphatic heterocycles. The zero-order chi connectivity index (χ0) is 20.0. The fourth-order valence-corrected chi connectivity index (χ4v) is 5.54. The van der Waals surface area contributed by atoms with Gasteiger partial charge in [0.25, 0.3) is 0 Å². The molecule has 0 bridgehead atoms. The smallest absolute Gasteiger partial charge is 0.225 e. The lowest BCUT2D eigenvalue weighted by molar-refractivity contribution is -0.136. The number of hydrazine groups is 1. The number of nitrogens with one attached hydrogen (secondary N) is 3. The predicted molar refractivity (Wildman–Crippen MR) is 107 cm³/mol. The number of carbonyl (C=O) groups excluding carboxylic acids is 1. The van der Waals surface area contributed by atoms with E-state index in [-0.39, 0.29) is 24.3 Å². The van der Waals surface area contributed by atoms with Gasteiger partial charge in [-0.3, -0.25) is 25.3 Å². The van der Waals surface area contributed by atoms with E-state index in [1.807, 2.05) is 18.7 Å². The average Bonchev–Trinajstić information content (AvgIpc) is 3.34. The predicted octanol–water partition coefficient (Wildman–Crippen LogP) is -0.475. The van der Waals surface area contributed by atoms with E-state index in [9.17, 15) is 4.79 Å². The Kier molecular flexibility index (Phi) is 5.81. The molecular weight excluding hydrogens is 372 g/mol. The molecular formula is C20H36N6O3. The number of hydroxylamine groups is 1. The largest absolute Gasteiger partial charge is 0.378 e. The van der Waals surface area contributed by atoms with Crippen LogP contribution < -0.4 is 16.2 Å². The lowest BCUT2D eigenvalue weighted by Gasteiger charge is -2.43. The van der Waals surface area contributed by atoms with E-state index in [0.29, 0.717) is 23.9 Å². The molecule has 0 aromatic heterocycles. The van der Waals surface area contributed by atoms with Crippen LogP contribution >= 0.6 is 0 Å². The Morgan fingerprint density at radius 3 is 2.55 bits per heavy atom. The molecule has 0 radical (unpaired) electrons. The third-order valence-electron chi connectivity index (χ3n) is 7.41. The van der Waals surface area contributed by atoms with Crippen molar-refractivity contribution in [2.45, 2.75) is 57.7 Å². The second-order valence-corrected chi connectivity index (χ2v) is 9.62. The minimum Gasteiger partial charge on any atom is -0.378 e. The molecule has 0 saturated carbocycles. The summed E-state index contributed by atoms with van der Waals surface area (Å²) >= 11 is 0. The summed E-state index contributed by atoms with van der Waals surface area (Å²) in [4.78, 5) is 22.6. The van der Waals surface area contributed by atoms with Crippen molar-refractivity contribution in [3.8, 4) is 0 Å². The average molecular weight is 409 g/mol. The normalized spacial score (nSPS) is 37.8. The van der Waals surface area contributed by atoms with Crippen molar-refractivity contribution in [1.82, 2.24) is 31.0 Å². The Morgan fingerprint density at radius 2 is 1.86 bits per heavy atom. The van der Waals surface area contributed by atoms with Gasteiger partial charge in [-0.15, -0.1) is 0 Å². The summed E-state index contributed by atoms with van der Waals surface area (Å²) in [5, 5.41) is 6.13. The van der Waals surface area contributed by atoms with Gasteiger partial charge in [0.05, 0.1) is 25.4 Å². The maximum absolute atomic E-state index is 12.2. The topological polar surface area (TPSA) is 81.3 Å². The van der Waals surface area contributed by atoms with Crippen molar-refractivity contribution in [1.29, 1.82) is 0 Å². The molecule has 5 heterocycles. The zero-order valence-electron chi connectivity index (χ0n) is 17.7. The summed E-state index contributed by atoms with van der Waals surface area (Å²) in [6, 6.07) is 1.17. The molecule has 5 rings (SSSR count). The third kappa shape index (κ3) is 3.94. The highest BCUT2D eigenvalue weighted by atomic mass is 16.7. The summed E-state index contributed by atoms with van der Waals surface area (Å²) < 4.78 is 5.38. The number of rotatable bonds is 4. The van der Waals surface area contributed by atoms with Gasteiger partial charge >= 0.3 is 0 Å². The van der Waals surface area contributed by atoms with Gasteiger partial charge in [-0.25, -0.2) is 5.01 Å². The number of nitrogens with zero attached hydrogens (tertiary/aromatic N) is 3. The second-order valence-electron chi connectivity index (χ2n) is 9.62. The molecule has 29 heavy (non-hydrogen) atoms. The number of hydrogen-bond acceptors (Lipinski definition) is 8. The molecule has 0 aliphatic carbocycles. The molecule has 4 atom stereocenters. The zero-order valence-corrected chi connectivity index (χ0v) is 17.7. The van der Waals surface area contributed by atoms with Crippen molar-refractivity contribution in [3.63, 3.8) is 0 Å². The Labute approximate surface area is 173 Å². The second kappa shape index (κ2) is 8.37. The highest BCUT2D eigenvalue weighted by Crippen LogP contribution is 2.31. The van der Waals surface area contributed by atoms with Crippen molar-refractivity contribution >= 4 is 5.91 Å². The van der Waals surface area contributed by atoms with Gasteiger partial charge in [0.15, 0.2) is 6.35 Å². The molecule has 5 saturated heterocycles. The van der Waals surface area contributed by atoms with E-state index in [1.165, 1.54) is 0 Å². The number of fused-ring (bicyclic) bond motifs is 1. The molecule has 0 aromatic rings. The fourth-order valence-electron chi connectivity index (χ4n) is 5.54. The number of carbonyl (C=O) groups is 1. The quantitative estimate of drug-likeness (QED) is 0.576. The number of hydrogen-bond donors (Lipinski definition) is 3. The van der Waals surface area contributed by atoms with Gasteiger partial charge in [-0.05, 0) is 25.2 Å². The highest BCUT2D eigenvalue weighted by Gasteiger charge is 2.45. The summed E-state index contributed by atoms with van der Waals surface area (Å²) in [5.41, 5.74) is 6.86. The van der Waals surface area contributed by atoms with Gasteiger partial charge in [0.2, 0.25) is 5.91 Å². The molecule has 9 nitrogen and oxygen atoms in total. The first-order valence-electron chi connectivity index (χ1n) is 11.4. The molecule has 4 unspecified atom stereocenters. The van der Waals surface area contributed by atoms with E-state index in [4.69, 9.17) is 9.57 Å². The summed E-state index contributed by atoms with van der Waals surface area (Å²) in [7, 11) is 0. The van der Waals surface area contributed by atoms with Crippen molar-refractivity contribution in [2.75, 3.05) is 45.9 Å². The standard InChI is InChI=1S/C20H36N6O3/c1-13(2)19(27)24-6-3-14(4-7-24)18-22-20(29-23-18)25-8-5-17-15(10-25)9-21-26(17)16-11-28-12-16/h13-18,20-23H,3-12H2,1-2H3. The van der Waals surface area contributed by atoms with Crippen LogP contribution in [0.4, 0.5) is 0 Å². The number of piperidine rings is 2. The Balaban J connectivity index is 1.09. The molecule has 5 aliphatic rings. The van der Waals surface area contributed by atoms with Gasteiger partial charge < -0.3 is 9.64 Å². The molecule has 3 N–H and O–H groups in total. The number of ether oxygens (including phenoxy) is 1. The van der Waals surface area contributed by atoms with Gasteiger partial charge in [0.1, 0.15) is 0 Å². The van der Waals surface area contributed by atoms with E-state index in [0.717, 1.165) is 65.2 Å². The Hall–Kier alpha value is -0.810. The minimum atomic E-state index is -0.0580. The first kappa shape index (κ1) is 20.1. The van der Waals surface area contributed by atoms with E-state index in [2.05, 4.69) is 26.1 Å². The molecule has 5 fully saturated rings. The van der Waals surface area contributed by atoms with Gasteiger partial charge in [0, 0.05) is 50.6 Å². The van der Waals surface area contributed by atoms with Gasteiger partial charge in [-0.1, -0.05) is 13.8 Å². The van der Waals surface area contributed by atoms with Crippen molar-refractivity contribution < 1.29 is 14.4 Å². The van der Waals surface area contributed by atoms with Crippen LogP contribution in [-0.2, 0) is 14.4 Å². The van der Waals surface area contributed by atoms with E-state index in [1.54, 1.807) is 0 Å².